The lowest BCUT2D eigenvalue weighted by Crippen LogP contribution is -2.27. The minimum atomic E-state index is -3.55. The average molecular weight is 377 g/mol. The highest BCUT2D eigenvalue weighted by Gasteiger charge is 2.20. The first-order chi connectivity index (χ1) is 11.8. The summed E-state index contributed by atoms with van der Waals surface area (Å²) in [5.74, 6) is -0.216. The van der Waals surface area contributed by atoms with Crippen molar-refractivity contribution < 1.29 is 13.3 Å². The van der Waals surface area contributed by atoms with Crippen molar-refractivity contribution >= 4 is 37.3 Å². The number of hydrogen-bond acceptors (Lipinski definition) is 6. The van der Waals surface area contributed by atoms with Crippen LogP contribution in [0.25, 0.3) is 10.2 Å². The van der Waals surface area contributed by atoms with Crippen LogP contribution in [0, 0.1) is 10.1 Å². The number of para-hydroxylation sites is 1. The molecule has 0 atom stereocenters. The number of thiazole rings is 1. The zero-order valence-electron chi connectivity index (χ0n) is 13.3. The van der Waals surface area contributed by atoms with Gasteiger partial charge in [-0.3, -0.25) is 10.1 Å². The third kappa shape index (κ3) is 4.01. The van der Waals surface area contributed by atoms with E-state index in [1.165, 1.54) is 47.0 Å². The van der Waals surface area contributed by atoms with E-state index in [-0.39, 0.29) is 18.0 Å². The summed E-state index contributed by atoms with van der Waals surface area (Å²) in [6, 6.07) is 13.2. The molecule has 1 heterocycles. The number of aromatic nitrogens is 1. The summed E-state index contributed by atoms with van der Waals surface area (Å²) in [5, 5.41) is 11.4. The largest absolute Gasteiger partial charge is 0.269 e. The number of hydrogen-bond donors (Lipinski definition) is 0. The molecule has 3 rings (SSSR count). The van der Waals surface area contributed by atoms with Gasteiger partial charge in [0.1, 0.15) is 5.01 Å². The lowest BCUT2D eigenvalue weighted by Gasteiger charge is -2.15. The Labute approximate surface area is 148 Å². The molecule has 130 valence electrons. The highest BCUT2D eigenvalue weighted by Crippen LogP contribution is 2.23. The molecule has 0 N–H and O–H groups in total. The predicted octanol–water partition coefficient (Wildman–Crippen LogP) is 3.17. The lowest BCUT2D eigenvalue weighted by atomic mass is 10.2. The molecule has 0 aliphatic rings. The molecule has 25 heavy (non-hydrogen) atoms. The van der Waals surface area contributed by atoms with E-state index >= 15 is 0 Å². The van der Waals surface area contributed by atoms with Crippen LogP contribution < -0.4 is 0 Å². The van der Waals surface area contributed by atoms with E-state index in [9.17, 15) is 18.5 Å². The van der Waals surface area contributed by atoms with Crippen molar-refractivity contribution in [2.45, 2.75) is 12.3 Å². The van der Waals surface area contributed by atoms with Gasteiger partial charge in [-0.25, -0.2) is 13.4 Å². The summed E-state index contributed by atoms with van der Waals surface area (Å²) in [6.45, 7) is 0.189. The van der Waals surface area contributed by atoms with Crippen LogP contribution in [-0.4, -0.2) is 29.7 Å². The van der Waals surface area contributed by atoms with Crippen molar-refractivity contribution in [3.8, 4) is 0 Å². The molecular formula is C16H15N3O4S2. The molecule has 0 unspecified atom stereocenters. The van der Waals surface area contributed by atoms with Gasteiger partial charge in [0.15, 0.2) is 0 Å². The molecule has 0 saturated heterocycles. The Morgan fingerprint density at radius 2 is 1.84 bits per heavy atom. The minimum absolute atomic E-state index is 0.0658. The van der Waals surface area contributed by atoms with E-state index < -0.39 is 14.9 Å². The van der Waals surface area contributed by atoms with Gasteiger partial charge in [-0.15, -0.1) is 11.3 Å². The van der Waals surface area contributed by atoms with Gasteiger partial charge in [0.2, 0.25) is 10.0 Å². The topological polar surface area (TPSA) is 93.4 Å². The number of nitrogens with zero attached hydrogens (tertiary/aromatic N) is 3. The molecule has 9 heteroatoms. The second-order valence-electron chi connectivity index (χ2n) is 5.51. The second kappa shape index (κ2) is 6.87. The van der Waals surface area contributed by atoms with Crippen LogP contribution in [0.4, 0.5) is 5.69 Å². The van der Waals surface area contributed by atoms with E-state index in [0.29, 0.717) is 5.56 Å². The Kier molecular flexibility index (Phi) is 4.80. The molecular weight excluding hydrogens is 362 g/mol. The fourth-order valence-corrected chi connectivity index (χ4v) is 4.57. The van der Waals surface area contributed by atoms with Crippen LogP contribution in [0.5, 0.6) is 0 Å². The molecule has 0 spiro atoms. The van der Waals surface area contributed by atoms with Gasteiger partial charge >= 0.3 is 0 Å². The third-order valence-electron chi connectivity index (χ3n) is 3.67. The molecule has 0 amide bonds. The maximum Gasteiger partial charge on any atom is 0.269 e. The predicted molar refractivity (Wildman–Crippen MR) is 96.8 cm³/mol. The molecule has 0 bridgehead atoms. The number of nitro groups is 1. The maximum absolute atomic E-state index is 12.5. The van der Waals surface area contributed by atoms with Crippen molar-refractivity contribution in [2.24, 2.45) is 0 Å². The number of rotatable bonds is 6. The molecule has 2 aromatic carbocycles. The van der Waals surface area contributed by atoms with Gasteiger partial charge in [0.25, 0.3) is 5.69 Å². The molecule has 0 saturated carbocycles. The highest BCUT2D eigenvalue weighted by atomic mass is 32.2. The van der Waals surface area contributed by atoms with Crippen molar-refractivity contribution in [1.29, 1.82) is 0 Å². The smallest absolute Gasteiger partial charge is 0.258 e. The van der Waals surface area contributed by atoms with E-state index in [2.05, 4.69) is 4.98 Å². The Morgan fingerprint density at radius 3 is 2.48 bits per heavy atom. The van der Waals surface area contributed by atoms with Crippen molar-refractivity contribution in [3.05, 3.63) is 69.2 Å². The zero-order chi connectivity index (χ0) is 18.0. The Morgan fingerprint density at radius 1 is 1.16 bits per heavy atom. The van der Waals surface area contributed by atoms with E-state index in [4.69, 9.17) is 0 Å². The van der Waals surface area contributed by atoms with Crippen LogP contribution in [-0.2, 0) is 22.3 Å². The quantitative estimate of drug-likeness (QED) is 0.486. The maximum atomic E-state index is 12.5. The first kappa shape index (κ1) is 17.5. The van der Waals surface area contributed by atoms with E-state index in [1.54, 1.807) is 0 Å². The minimum Gasteiger partial charge on any atom is -0.258 e. The fourth-order valence-electron chi connectivity index (χ4n) is 2.31. The third-order valence-corrected chi connectivity index (χ3v) is 6.47. The van der Waals surface area contributed by atoms with Crippen LogP contribution in [0.2, 0.25) is 0 Å². The monoisotopic (exact) mass is 377 g/mol. The Hall–Kier alpha value is -2.36. The van der Waals surface area contributed by atoms with Crippen LogP contribution in [0.15, 0.2) is 48.5 Å². The van der Waals surface area contributed by atoms with Gasteiger partial charge in [-0.05, 0) is 17.7 Å². The van der Waals surface area contributed by atoms with Crippen LogP contribution >= 0.6 is 11.3 Å². The average Bonchev–Trinajstić information content (AvgIpc) is 2.97. The molecule has 0 fully saturated rings. The van der Waals surface area contributed by atoms with Crippen molar-refractivity contribution in [1.82, 2.24) is 9.29 Å². The molecule has 7 nitrogen and oxygen atoms in total. The first-order valence-corrected chi connectivity index (χ1v) is 9.79. The normalized spacial score (nSPS) is 11.9. The number of sulfonamides is 1. The van der Waals surface area contributed by atoms with Crippen LogP contribution in [0.1, 0.15) is 10.6 Å². The summed E-state index contributed by atoms with van der Waals surface area (Å²) in [5.41, 5.74) is 1.29. The van der Waals surface area contributed by atoms with Gasteiger partial charge in [0.05, 0.1) is 27.4 Å². The number of nitro benzene ring substituents is 1. The van der Waals surface area contributed by atoms with Gasteiger partial charge in [-0.2, -0.15) is 4.31 Å². The number of benzene rings is 2. The molecule has 3 aromatic rings. The summed E-state index contributed by atoms with van der Waals surface area (Å²) >= 11 is 1.46. The Balaban J connectivity index is 1.73. The fraction of sp³-hybridized carbons (Fsp3) is 0.188. The summed E-state index contributed by atoms with van der Waals surface area (Å²) < 4.78 is 27.3. The lowest BCUT2D eigenvalue weighted by molar-refractivity contribution is -0.384. The molecule has 0 radical (unpaired) electrons. The SMILES string of the molecule is CN(Cc1nc2ccccc2s1)S(=O)(=O)Cc1ccc([N+](=O)[O-])cc1. The van der Waals surface area contributed by atoms with Gasteiger partial charge < -0.3 is 0 Å². The molecule has 0 aliphatic carbocycles. The summed E-state index contributed by atoms with van der Waals surface area (Å²) in [4.78, 5) is 14.6. The van der Waals surface area contributed by atoms with Crippen molar-refractivity contribution in [3.63, 3.8) is 0 Å². The number of non-ortho nitro benzene ring substituents is 1. The van der Waals surface area contributed by atoms with E-state index in [0.717, 1.165) is 15.2 Å². The molecule has 0 aliphatic heterocycles. The Bertz CT molecular complexity index is 980. The van der Waals surface area contributed by atoms with Gasteiger partial charge in [-0.1, -0.05) is 24.3 Å². The standard InChI is InChI=1S/C16H15N3O4S2/c1-18(10-16-17-14-4-2-3-5-15(14)24-16)25(22,23)11-12-6-8-13(9-7-12)19(20)21/h2-9H,10-11H2,1H3. The zero-order valence-corrected chi connectivity index (χ0v) is 15.0. The van der Waals surface area contributed by atoms with Crippen molar-refractivity contribution in [2.75, 3.05) is 7.05 Å². The second-order valence-corrected chi connectivity index (χ2v) is 8.70. The molecule has 1 aromatic heterocycles. The van der Waals surface area contributed by atoms with Crippen LogP contribution in [0.3, 0.4) is 0 Å². The number of fused-ring (bicyclic) bond motifs is 1. The summed E-state index contributed by atoms with van der Waals surface area (Å²) in [7, 11) is -2.05. The summed E-state index contributed by atoms with van der Waals surface area (Å²) in [6.07, 6.45) is 0. The van der Waals surface area contributed by atoms with Gasteiger partial charge in [0, 0.05) is 19.2 Å². The highest BCUT2D eigenvalue weighted by molar-refractivity contribution is 7.88. The first-order valence-electron chi connectivity index (χ1n) is 7.37. The van der Waals surface area contributed by atoms with E-state index in [1.807, 2.05) is 24.3 Å².